The molecule has 21 heavy (non-hydrogen) atoms. The van der Waals surface area contributed by atoms with Crippen molar-refractivity contribution in [3.8, 4) is 5.75 Å². The van der Waals surface area contributed by atoms with E-state index in [9.17, 15) is 4.79 Å². The Labute approximate surface area is 127 Å². The van der Waals surface area contributed by atoms with Gasteiger partial charge in [-0.1, -0.05) is 16.8 Å². The van der Waals surface area contributed by atoms with Gasteiger partial charge < -0.3 is 14.2 Å². The number of likely N-dealkylation sites (N-methyl/N-ethyl adjacent to an activating group) is 1. The number of ether oxygens (including phenoxy) is 1. The summed E-state index contributed by atoms with van der Waals surface area (Å²) in [4.78, 5) is 14.0. The zero-order valence-electron chi connectivity index (χ0n) is 11.8. The average molecular weight is 307 g/mol. The lowest BCUT2D eigenvalue weighted by Gasteiger charge is -2.19. The van der Waals surface area contributed by atoms with Gasteiger partial charge >= 0.3 is 0 Å². The number of amides is 1. The molecule has 5 nitrogen and oxygen atoms in total. The fourth-order valence-corrected chi connectivity index (χ4v) is 2.61. The number of carbonyl (C=O) groups excluding carboxylic acids is 1. The normalized spacial score (nSPS) is 16.4. The number of fused-ring (bicyclic) bond motifs is 1. The summed E-state index contributed by atoms with van der Waals surface area (Å²) in [5, 5.41) is 4.54. The summed E-state index contributed by atoms with van der Waals surface area (Å²) in [6, 6.07) is 7.21. The standard InChI is InChI=1S/C15H15ClN2O3/c1-9-5-12(17-21-9)8-18(2)15(19)14-7-10-6-11(16)3-4-13(10)20-14/h3-6,14H,7-8H2,1-2H3/t14-/m1/s1. The number of aromatic nitrogens is 1. The third kappa shape index (κ3) is 2.88. The lowest BCUT2D eigenvalue weighted by atomic mass is 10.1. The van der Waals surface area contributed by atoms with E-state index in [0.717, 1.165) is 22.8 Å². The fraction of sp³-hybridized carbons (Fsp3) is 0.333. The summed E-state index contributed by atoms with van der Waals surface area (Å²) < 4.78 is 10.7. The van der Waals surface area contributed by atoms with E-state index in [1.165, 1.54) is 0 Å². The van der Waals surface area contributed by atoms with E-state index in [1.54, 1.807) is 24.1 Å². The lowest BCUT2D eigenvalue weighted by Crippen LogP contribution is -2.38. The Kier molecular flexibility index (Phi) is 3.59. The maximum atomic E-state index is 12.4. The third-order valence-corrected chi connectivity index (χ3v) is 3.66. The molecule has 0 fully saturated rings. The maximum Gasteiger partial charge on any atom is 0.264 e. The van der Waals surface area contributed by atoms with Crippen molar-refractivity contribution < 1.29 is 14.1 Å². The second kappa shape index (κ2) is 5.41. The lowest BCUT2D eigenvalue weighted by molar-refractivity contribution is -0.137. The Morgan fingerprint density at radius 2 is 2.29 bits per heavy atom. The van der Waals surface area contributed by atoms with Gasteiger partial charge in [0.05, 0.1) is 6.54 Å². The van der Waals surface area contributed by atoms with E-state index in [0.29, 0.717) is 18.0 Å². The highest BCUT2D eigenvalue weighted by molar-refractivity contribution is 6.30. The van der Waals surface area contributed by atoms with Crippen LogP contribution >= 0.6 is 11.6 Å². The Bertz CT molecular complexity index is 683. The summed E-state index contributed by atoms with van der Waals surface area (Å²) in [7, 11) is 1.73. The molecule has 0 saturated heterocycles. The summed E-state index contributed by atoms with van der Waals surface area (Å²) in [5.74, 6) is 1.37. The zero-order chi connectivity index (χ0) is 15.0. The predicted octanol–water partition coefficient (Wildman–Crippen LogP) is 2.60. The first kappa shape index (κ1) is 13.9. The Morgan fingerprint density at radius 3 is 3.00 bits per heavy atom. The molecule has 110 valence electrons. The molecule has 0 bridgehead atoms. The largest absolute Gasteiger partial charge is 0.480 e. The van der Waals surface area contributed by atoms with Crippen LogP contribution in [0.3, 0.4) is 0 Å². The van der Waals surface area contributed by atoms with Gasteiger partial charge in [0.2, 0.25) is 0 Å². The van der Waals surface area contributed by atoms with Crippen molar-refractivity contribution in [1.29, 1.82) is 0 Å². The molecular formula is C15H15ClN2O3. The topological polar surface area (TPSA) is 55.6 Å². The first-order chi connectivity index (χ1) is 10.0. The van der Waals surface area contributed by atoms with Gasteiger partial charge in [0.25, 0.3) is 5.91 Å². The van der Waals surface area contributed by atoms with Crippen LogP contribution in [0.2, 0.25) is 5.02 Å². The molecule has 0 radical (unpaired) electrons. The molecule has 1 atom stereocenters. The molecule has 0 spiro atoms. The van der Waals surface area contributed by atoms with Crippen molar-refractivity contribution in [2.45, 2.75) is 26.0 Å². The van der Waals surface area contributed by atoms with Crippen LogP contribution in [-0.2, 0) is 17.8 Å². The van der Waals surface area contributed by atoms with Gasteiger partial charge in [-0.05, 0) is 30.7 Å². The quantitative estimate of drug-likeness (QED) is 0.874. The maximum absolute atomic E-state index is 12.4. The Hall–Kier alpha value is -2.01. The van der Waals surface area contributed by atoms with Gasteiger partial charge in [-0.2, -0.15) is 0 Å². The van der Waals surface area contributed by atoms with Crippen molar-refractivity contribution in [3.05, 3.63) is 46.3 Å². The predicted molar refractivity (Wildman–Crippen MR) is 77.3 cm³/mol. The Balaban J connectivity index is 1.66. The smallest absolute Gasteiger partial charge is 0.264 e. The molecule has 1 aliphatic rings. The zero-order valence-corrected chi connectivity index (χ0v) is 12.6. The van der Waals surface area contributed by atoms with Crippen molar-refractivity contribution in [2.24, 2.45) is 0 Å². The number of rotatable bonds is 3. The summed E-state index contributed by atoms with van der Waals surface area (Å²) in [6.45, 7) is 2.21. The number of aryl methyl sites for hydroxylation is 1. The van der Waals surface area contributed by atoms with E-state index < -0.39 is 6.10 Å². The van der Waals surface area contributed by atoms with E-state index in [4.69, 9.17) is 20.9 Å². The number of nitrogens with zero attached hydrogens (tertiary/aromatic N) is 2. The van der Waals surface area contributed by atoms with Crippen LogP contribution in [0.4, 0.5) is 0 Å². The van der Waals surface area contributed by atoms with Gasteiger partial charge in [0, 0.05) is 24.6 Å². The minimum absolute atomic E-state index is 0.0806. The molecule has 1 amide bonds. The molecule has 0 unspecified atom stereocenters. The second-order valence-electron chi connectivity index (χ2n) is 5.19. The molecule has 1 aromatic carbocycles. The fourth-order valence-electron chi connectivity index (χ4n) is 2.41. The van der Waals surface area contributed by atoms with Crippen molar-refractivity contribution in [1.82, 2.24) is 10.1 Å². The van der Waals surface area contributed by atoms with Crippen LogP contribution in [-0.4, -0.2) is 29.1 Å². The molecule has 0 saturated carbocycles. The molecule has 2 aromatic rings. The second-order valence-corrected chi connectivity index (χ2v) is 5.62. The molecule has 0 aliphatic carbocycles. The SMILES string of the molecule is Cc1cc(CN(C)C(=O)[C@H]2Cc3cc(Cl)ccc3O2)no1. The van der Waals surface area contributed by atoms with E-state index in [1.807, 2.05) is 19.1 Å². The van der Waals surface area contributed by atoms with Crippen LogP contribution in [0, 0.1) is 6.92 Å². The van der Waals surface area contributed by atoms with Gasteiger partial charge in [-0.15, -0.1) is 0 Å². The van der Waals surface area contributed by atoms with Crippen LogP contribution in [0.1, 0.15) is 17.0 Å². The van der Waals surface area contributed by atoms with Crippen LogP contribution in [0.15, 0.2) is 28.8 Å². The molecule has 2 heterocycles. The molecule has 1 aliphatic heterocycles. The molecule has 1 aromatic heterocycles. The van der Waals surface area contributed by atoms with Crippen molar-refractivity contribution in [2.75, 3.05) is 7.05 Å². The van der Waals surface area contributed by atoms with Crippen molar-refractivity contribution in [3.63, 3.8) is 0 Å². The summed E-state index contributed by atoms with van der Waals surface area (Å²) in [5.41, 5.74) is 1.69. The highest BCUT2D eigenvalue weighted by Crippen LogP contribution is 2.31. The third-order valence-electron chi connectivity index (χ3n) is 3.42. The number of benzene rings is 1. The molecule has 6 heteroatoms. The van der Waals surface area contributed by atoms with Gasteiger partial charge in [-0.25, -0.2) is 0 Å². The first-order valence-corrected chi connectivity index (χ1v) is 7.03. The van der Waals surface area contributed by atoms with Gasteiger partial charge in [0.1, 0.15) is 17.2 Å². The van der Waals surface area contributed by atoms with Crippen LogP contribution in [0.5, 0.6) is 5.75 Å². The molecule has 0 N–H and O–H groups in total. The minimum atomic E-state index is -0.503. The van der Waals surface area contributed by atoms with E-state index in [-0.39, 0.29) is 5.91 Å². The van der Waals surface area contributed by atoms with Gasteiger partial charge in [-0.3, -0.25) is 4.79 Å². The van der Waals surface area contributed by atoms with Gasteiger partial charge in [0.15, 0.2) is 6.10 Å². The number of carbonyl (C=O) groups is 1. The van der Waals surface area contributed by atoms with Crippen LogP contribution < -0.4 is 4.74 Å². The molecular weight excluding hydrogens is 292 g/mol. The highest BCUT2D eigenvalue weighted by Gasteiger charge is 2.31. The van der Waals surface area contributed by atoms with E-state index in [2.05, 4.69) is 5.16 Å². The van der Waals surface area contributed by atoms with Crippen molar-refractivity contribution >= 4 is 17.5 Å². The summed E-state index contributed by atoms with van der Waals surface area (Å²) in [6.07, 6.45) is 0.0353. The van der Waals surface area contributed by atoms with Crippen LogP contribution in [0.25, 0.3) is 0 Å². The summed E-state index contributed by atoms with van der Waals surface area (Å²) >= 11 is 5.95. The average Bonchev–Trinajstić information content (AvgIpc) is 3.03. The monoisotopic (exact) mass is 306 g/mol. The molecule has 3 rings (SSSR count). The number of hydrogen-bond acceptors (Lipinski definition) is 4. The Morgan fingerprint density at radius 1 is 1.48 bits per heavy atom. The first-order valence-electron chi connectivity index (χ1n) is 6.65. The highest BCUT2D eigenvalue weighted by atomic mass is 35.5. The number of halogens is 1. The minimum Gasteiger partial charge on any atom is -0.480 e. The van der Waals surface area contributed by atoms with E-state index >= 15 is 0 Å². The number of hydrogen-bond donors (Lipinski definition) is 0.